The summed E-state index contributed by atoms with van der Waals surface area (Å²) in [5.41, 5.74) is 4.80. The molecule has 0 unspecified atom stereocenters. The fraction of sp³-hybridized carbons (Fsp3) is 0.412. The van der Waals surface area contributed by atoms with Crippen LogP contribution in [-0.2, 0) is 12.5 Å². The third-order valence-corrected chi connectivity index (χ3v) is 4.97. The molecule has 4 rings (SSSR count). The number of aromatic nitrogens is 4. The molecule has 3 aromatic heterocycles. The third kappa shape index (κ3) is 1.97. The van der Waals surface area contributed by atoms with Crippen LogP contribution in [-0.4, -0.2) is 19.7 Å². The maximum absolute atomic E-state index is 4.65. The Kier molecular flexibility index (Phi) is 2.67. The molecule has 0 saturated heterocycles. The highest BCUT2D eigenvalue weighted by Gasteiger charge is 2.31. The largest absolute Gasteiger partial charge is 0.338 e. The van der Waals surface area contributed by atoms with Gasteiger partial charge in [0.1, 0.15) is 5.65 Å². The van der Waals surface area contributed by atoms with E-state index in [9.17, 15) is 0 Å². The second kappa shape index (κ2) is 4.45. The molecular weight excluding hydrogens is 260 g/mol. The average Bonchev–Trinajstić information content (AvgIpc) is 3.17. The lowest BCUT2D eigenvalue weighted by atomic mass is 9.82. The van der Waals surface area contributed by atoms with Crippen LogP contribution >= 0.6 is 0 Å². The van der Waals surface area contributed by atoms with Crippen LogP contribution in [0.5, 0.6) is 0 Å². The molecule has 4 nitrogen and oxygen atoms in total. The molecule has 0 radical (unpaired) electrons. The Morgan fingerprint density at radius 2 is 2.05 bits per heavy atom. The Labute approximate surface area is 124 Å². The zero-order chi connectivity index (χ0) is 14.4. The van der Waals surface area contributed by atoms with Gasteiger partial charge < -0.3 is 4.98 Å². The Morgan fingerprint density at radius 3 is 2.76 bits per heavy atom. The minimum absolute atomic E-state index is 0.311. The van der Waals surface area contributed by atoms with E-state index in [1.807, 2.05) is 24.0 Å². The molecule has 21 heavy (non-hydrogen) atoms. The van der Waals surface area contributed by atoms with Crippen LogP contribution in [0.15, 0.2) is 30.6 Å². The van der Waals surface area contributed by atoms with Gasteiger partial charge in [0, 0.05) is 24.8 Å². The molecular formula is C17H20N4. The average molecular weight is 280 g/mol. The van der Waals surface area contributed by atoms with Gasteiger partial charge in [0.15, 0.2) is 0 Å². The number of aromatic amines is 1. The topological polar surface area (TPSA) is 46.5 Å². The smallest absolute Gasteiger partial charge is 0.137 e. The lowest BCUT2D eigenvalue weighted by Crippen LogP contribution is -2.16. The number of rotatable bonds is 2. The summed E-state index contributed by atoms with van der Waals surface area (Å²) in [6.45, 7) is 2.37. The fourth-order valence-corrected chi connectivity index (χ4v) is 3.57. The number of H-pyrrole nitrogens is 1. The van der Waals surface area contributed by atoms with E-state index >= 15 is 0 Å². The highest BCUT2D eigenvalue weighted by Crippen LogP contribution is 2.41. The lowest BCUT2D eigenvalue weighted by Gasteiger charge is -2.23. The first-order chi connectivity index (χ1) is 10.2. The first-order valence-electron chi connectivity index (χ1n) is 7.63. The van der Waals surface area contributed by atoms with Gasteiger partial charge in [-0.1, -0.05) is 19.8 Å². The van der Waals surface area contributed by atoms with Crippen molar-refractivity contribution in [2.24, 2.45) is 7.05 Å². The maximum atomic E-state index is 4.65. The number of hydrogen-bond acceptors (Lipinski definition) is 2. The third-order valence-electron chi connectivity index (χ3n) is 4.97. The molecule has 3 heterocycles. The number of fused-ring (bicyclic) bond motifs is 1. The molecule has 1 saturated carbocycles. The number of nitrogens with zero attached hydrogens (tertiary/aromatic N) is 3. The second-order valence-corrected chi connectivity index (χ2v) is 6.45. The Bertz CT molecular complexity index is 790. The SMILES string of the molecule is Cn1nccc1-c1cc2cc(C3(C)CCCC3)cnc2[nH]1. The first kappa shape index (κ1) is 12.6. The van der Waals surface area contributed by atoms with Gasteiger partial charge in [-0.05, 0) is 42.0 Å². The monoisotopic (exact) mass is 280 g/mol. The van der Waals surface area contributed by atoms with Crippen LogP contribution < -0.4 is 0 Å². The van der Waals surface area contributed by atoms with Gasteiger partial charge in [-0.15, -0.1) is 0 Å². The van der Waals surface area contributed by atoms with Crippen LogP contribution in [0.1, 0.15) is 38.2 Å². The van der Waals surface area contributed by atoms with Gasteiger partial charge in [0.2, 0.25) is 0 Å². The first-order valence-corrected chi connectivity index (χ1v) is 7.63. The second-order valence-electron chi connectivity index (χ2n) is 6.45. The van der Waals surface area contributed by atoms with Gasteiger partial charge in [0.25, 0.3) is 0 Å². The quantitative estimate of drug-likeness (QED) is 0.776. The predicted octanol–water partition coefficient (Wildman–Crippen LogP) is 3.80. The van der Waals surface area contributed by atoms with Gasteiger partial charge in [-0.3, -0.25) is 4.68 Å². The molecule has 1 aliphatic rings. The van der Waals surface area contributed by atoms with Crippen LogP contribution in [0.4, 0.5) is 0 Å². The van der Waals surface area contributed by atoms with Crippen molar-refractivity contribution in [3.8, 4) is 11.4 Å². The molecule has 0 aliphatic heterocycles. The minimum atomic E-state index is 0.311. The molecule has 108 valence electrons. The molecule has 1 aliphatic carbocycles. The molecule has 0 atom stereocenters. The normalized spacial score (nSPS) is 17.6. The Morgan fingerprint density at radius 1 is 1.24 bits per heavy atom. The van der Waals surface area contributed by atoms with Crippen molar-refractivity contribution >= 4 is 11.0 Å². The van der Waals surface area contributed by atoms with Crippen molar-refractivity contribution in [1.29, 1.82) is 0 Å². The van der Waals surface area contributed by atoms with E-state index in [1.165, 1.54) is 36.6 Å². The van der Waals surface area contributed by atoms with E-state index in [-0.39, 0.29) is 0 Å². The molecule has 0 aromatic carbocycles. The summed E-state index contributed by atoms with van der Waals surface area (Å²) in [7, 11) is 1.96. The maximum Gasteiger partial charge on any atom is 0.137 e. The Balaban J connectivity index is 1.80. The summed E-state index contributed by atoms with van der Waals surface area (Å²) in [6, 6.07) is 6.51. The zero-order valence-corrected chi connectivity index (χ0v) is 12.6. The van der Waals surface area contributed by atoms with Crippen molar-refractivity contribution < 1.29 is 0 Å². The number of aryl methyl sites for hydroxylation is 1. The van der Waals surface area contributed by atoms with E-state index < -0.39 is 0 Å². The van der Waals surface area contributed by atoms with E-state index in [0.29, 0.717) is 5.41 Å². The Hall–Kier alpha value is -2.10. The van der Waals surface area contributed by atoms with Crippen molar-refractivity contribution in [2.45, 2.75) is 38.0 Å². The van der Waals surface area contributed by atoms with E-state index in [0.717, 1.165) is 17.0 Å². The van der Waals surface area contributed by atoms with Crippen molar-refractivity contribution in [3.63, 3.8) is 0 Å². The van der Waals surface area contributed by atoms with Crippen molar-refractivity contribution in [1.82, 2.24) is 19.7 Å². The minimum Gasteiger partial charge on any atom is -0.338 e. The van der Waals surface area contributed by atoms with Gasteiger partial charge in [-0.2, -0.15) is 5.10 Å². The van der Waals surface area contributed by atoms with Gasteiger partial charge >= 0.3 is 0 Å². The molecule has 0 amide bonds. The number of hydrogen-bond donors (Lipinski definition) is 1. The summed E-state index contributed by atoms with van der Waals surface area (Å²) in [5.74, 6) is 0. The van der Waals surface area contributed by atoms with Crippen LogP contribution in [0, 0.1) is 0 Å². The molecule has 4 heteroatoms. The molecule has 1 N–H and O–H groups in total. The summed E-state index contributed by atoms with van der Waals surface area (Å²) in [6.07, 6.45) is 9.10. The highest BCUT2D eigenvalue weighted by atomic mass is 15.3. The molecule has 0 bridgehead atoms. The molecule has 3 aromatic rings. The van der Waals surface area contributed by atoms with Crippen LogP contribution in [0.25, 0.3) is 22.4 Å². The number of nitrogens with one attached hydrogen (secondary N) is 1. The summed E-state index contributed by atoms with van der Waals surface area (Å²) in [4.78, 5) is 8.04. The number of pyridine rings is 1. The van der Waals surface area contributed by atoms with Gasteiger partial charge in [-0.25, -0.2) is 4.98 Å². The molecule has 0 spiro atoms. The van der Waals surface area contributed by atoms with Crippen LogP contribution in [0.3, 0.4) is 0 Å². The fourth-order valence-electron chi connectivity index (χ4n) is 3.57. The van der Waals surface area contributed by atoms with E-state index in [4.69, 9.17) is 0 Å². The summed E-state index contributed by atoms with van der Waals surface area (Å²) < 4.78 is 1.88. The zero-order valence-electron chi connectivity index (χ0n) is 12.6. The standard InChI is InChI=1S/C17H20N4/c1-17(6-3-4-7-17)13-9-12-10-14(20-16(12)18-11-13)15-5-8-19-21(15)2/h5,8-11H,3-4,6-7H2,1-2H3,(H,18,20). The molecule has 1 fully saturated rings. The van der Waals surface area contributed by atoms with Crippen molar-refractivity contribution in [2.75, 3.05) is 0 Å². The van der Waals surface area contributed by atoms with E-state index in [1.54, 1.807) is 0 Å². The predicted molar refractivity (Wildman–Crippen MR) is 84.1 cm³/mol. The highest BCUT2D eigenvalue weighted by molar-refractivity contribution is 5.82. The van der Waals surface area contributed by atoms with E-state index in [2.05, 4.69) is 40.3 Å². The summed E-state index contributed by atoms with van der Waals surface area (Å²) >= 11 is 0. The van der Waals surface area contributed by atoms with Crippen molar-refractivity contribution in [3.05, 3.63) is 36.2 Å². The lowest BCUT2D eigenvalue weighted by molar-refractivity contribution is 0.490. The summed E-state index contributed by atoms with van der Waals surface area (Å²) in [5, 5.41) is 5.42. The van der Waals surface area contributed by atoms with Gasteiger partial charge in [0.05, 0.1) is 11.4 Å². The van der Waals surface area contributed by atoms with Crippen LogP contribution in [0.2, 0.25) is 0 Å².